The van der Waals surface area contributed by atoms with Crippen molar-refractivity contribution in [2.45, 2.75) is 83.5 Å². The van der Waals surface area contributed by atoms with Gasteiger partial charge in [-0.15, -0.1) is 17.7 Å². The second kappa shape index (κ2) is 19.6. The van der Waals surface area contributed by atoms with Crippen LogP contribution < -0.4 is 58.5 Å². The van der Waals surface area contributed by atoms with Crippen LogP contribution in [0.5, 0.6) is 17.2 Å². The van der Waals surface area contributed by atoms with Gasteiger partial charge < -0.3 is 29.8 Å². The van der Waals surface area contributed by atoms with Crippen LogP contribution in [0, 0.1) is 61.6 Å². The number of fused-ring (bicyclic) bond motifs is 6. The summed E-state index contributed by atoms with van der Waals surface area (Å²) in [4.78, 5) is 29.5. The summed E-state index contributed by atoms with van der Waals surface area (Å²) in [6, 6.07) is 33.5. The van der Waals surface area contributed by atoms with Crippen molar-refractivity contribution in [3.63, 3.8) is 0 Å². The van der Waals surface area contributed by atoms with Crippen LogP contribution in [-0.2, 0) is 58.6 Å². The second-order valence-corrected chi connectivity index (χ2v) is 20.3. The molecule has 3 aromatic heterocycles. The van der Waals surface area contributed by atoms with Crippen LogP contribution in [0.4, 0.5) is 58.9 Å². The van der Waals surface area contributed by atoms with Crippen molar-refractivity contribution in [1.82, 2.24) is 0 Å². The van der Waals surface area contributed by atoms with E-state index in [0.717, 1.165) is 124 Å². The van der Waals surface area contributed by atoms with Crippen LogP contribution in [0.15, 0.2) is 97.6 Å². The molecule has 0 spiro atoms. The molecule has 0 saturated carbocycles. The van der Waals surface area contributed by atoms with Crippen molar-refractivity contribution in [3.8, 4) is 17.2 Å². The first kappa shape index (κ1) is 47.7. The molecule has 4 aromatic carbocycles. The third-order valence-corrected chi connectivity index (χ3v) is 15.6. The number of pyridine rings is 3. The number of anilines is 8. The minimum absolute atomic E-state index is 0. The van der Waals surface area contributed by atoms with Crippen LogP contribution in [0.2, 0.25) is 0 Å². The number of rotatable bonds is 0. The molecule has 385 valence electrons. The summed E-state index contributed by atoms with van der Waals surface area (Å²) in [5.74, 6) is 0.998. The Morgan fingerprint density at radius 1 is 0.573 bits per heavy atom. The first-order valence-corrected chi connectivity index (χ1v) is 26.0. The topological polar surface area (TPSA) is 67.6 Å². The SMILES string of the molecule is Fc1ccc2c3c1O[n+]1c[c-]cc(c1)CCCC1CCc4[c-]c5[n+](cc4)Oc4c(F)ccc6c4N5[CH-]N6CCCc4ccc(c(c4)CCCN2[CH-]N3)CCCN2[CH-]N3c4c2ccc(F)c4O[n+]2ccc([c-]c23)CC1.[Ir]. The molecule has 8 aliphatic heterocycles. The van der Waals surface area contributed by atoms with Gasteiger partial charge in [-0.2, -0.15) is 24.9 Å². The summed E-state index contributed by atoms with van der Waals surface area (Å²) in [6.07, 6.45) is 18.4. The fraction of sp³-hybridized carbons (Fsp3) is 0.288. The largest absolute Gasteiger partial charge is 0.511 e. The van der Waals surface area contributed by atoms with Crippen molar-refractivity contribution in [1.29, 1.82) is 0 Å². The van der Waals surface area contributed by atoms with Gasteiger partial charge in [0.2, 0.25) is 11.6 Å². The normalized spacial score (nSPS) is 18.4. The first-order valence-electron chi connectivity index (χ1n) is 26.0. The molecule has 16 heteroatoms. The van der Waals surface area contributed by atoms with Gasteiger partial charge in [0.25, 0.3) is 17.2 Å². The Labute approximate surface area is 448 Å². The average molecular weight is 1190 g/mol. The molecule has 18 bridgehead atoms. The van der Waals surface area contributed by atoms with Gasteiger partial charge in [0.15, 0.2) is 28.8 Å². The average Bonchev–Trinajstić information content (AvgIpc) is 4.13. The second-order valence-electron chi connectivity index (χ2n) is 20.3. The summed E-state index contributed by atoms with van der Waals surface area (Å²) in [5.41, 5.74) is 11.6. The molecule has 0 amide bonds. The Morgan fingerprint density at radius 3 is 1.83 bits per heavy atom. The summed E-state index contributed by atoms with van der Waals surface area (Å²) < 4.78 is 51.7. The Hall–Kier alpha value is -7.03. The van der Waals surface area contributed by atoms with Gasteiger partial charge in [-0.1, -0.05) is 73.1 Å². The van der Waals surface area contributed by atoms with E-state index < -0.39 is 17.5 Å². The van der Waals surface area contributed by atoms with Crippen molar-refractivity contribution in [2.75, 3.05) is 49.5 Å². The predicted molar refractivity (Wildman–Crippen MR) is 271 cm³/mol. The number of halogens is 3. The fourth-order valence-corrected chi connectivity index (χ4v) is 11.8. The smallest absolute Gasteiger partial charge is 0.262 e. The maximum atomic E-state index is 15.7. The number of hydrogen-bond donors (Lipinski definition) is 1. The molecule has 1 unspecified atom stereocenters. The number of aromatic nitrogens is 3. The summed E-state index contributed by atoms with van der Waals surface area (Å²) in [6.45, 7) is 8.19. The number of hydrogen-bond acceptors (Lipinski definition) is 9. The van der Waals surface area contributed by atoms with Crippen LogP contribution in [0.3, 0.4) is 0 Å². The van der Waals surface area contributed by atoms with Crippen LogP contribution in [0.25, 0.3) is 0 Å². The summed E-state index contributed by atoms with van der Waals surface area (Å²) >= 11 is 0. The van der Waals surface area contributed by atoms with E-state index in [1.54, 1.807) is 20.4 Å². The summed E-state index contributed by atoms with van der Waals surface area (Å²) in [5, 5.41) is 3.33. The van der Waals surface area contributed by atoms with E-state index in [4.69, 9.17) is 14.5 Å². The molecular weight excluding hydrogens is 1130 g/mol. The molecule has 7 aromatic rings. The summed E-state index contributed by atoms with van der Waals surface area (Å²) in [7, 11) is 0. The molecule has 0 aliphatic carbocycles. The quantitative estimate of drug-likeness (QED) is 0.118. The molecular formula is C59H53F3IrN9O3-3. The minimum atomic E-state index is -0.448. The fourth-order valence-electron chi connectivity index (χ4n) is 11.8. The molecule has 1 radical (unpaired) electrons. The van der Waals surface area contributed by atoms with E-state index in [0.29, 0.717) is 47.7 Å². The third-order valence-electron chi connectivity index (χ3n) is 15.6. The zero-order valence-electron chi connectivity index (χ0n) is 41.1. The molecule has 11 heterocycles. The predicted octanol–water partition coefficient (Wildman–Crippen LogP) is 9.75. The van der Waals surface area contributed by atoms with Gasteiger partial charge in [-0.3, -0.25) is 9.68 Å². The van der Waals surface area contributed by atoms with E-state index in [1.807, 2.05) is 71.5 Å². The standard InChI is InChI=1S/C59H53F3N9O3.Ir/c60-46-18-21-49-54-57(46)72-67-29-3-9-43(35-67)7-1-6-39-12-14-41-24-30-70-52(33-41)68-37-65(50-22-19-47(61)58(73-70)55(50)68)27-2-8-40-16-17-44(45(32-40)11-5-26-64(49)36-63-54)10-4-28-66-38-69-53-34-42(15-13-39)25-31-71(53)74-59-48(62)20-23-51(66)56(59)69;/h9,16-25,29-32,35-39,63H,1-2,4-8,10-15,26-28H2;/q-3;. The number of aryl methyl sites for hydroxylation is 6. The Balaban J connectivity index is 0.00000541. The van der Waals surface area contributed by atoms with E-state index in [1.165, 1.54) is 34.9 Å². The molecule has 75 heavy (non-hydrogen) atoms. The first-order chi connectivity index (χ1) is 36.3. The molecule has 0 fully saturated rings. The molecule has 1 N–H and O–H groups in total. The molecule has 0 saturated heterocycles. The zero-order chi connectivity index (χ0) is 49.4. The van der Waals surface area contributed by atoms with Gasteiger partial charge in [0, 0.05) is 25.8 Å². The number of nitrogens with one attached hydrogen (secondary N) is 1. The van der Waals surface area contributed by atoms with E-state index in [9.17, 15) is 0 Å². The van der Waals surface area contributed by atoms with Crippen molar-refractivity contribution >= 4 is 45.8 Å². The van der Waals surface area contributed by atoms with Gasteiger partial charge in [0.05, 0.1) is 29.5 Å². The van der Waals surface area contributed by atoms with E-state index >= 15 is 13.2 Å². The maximum Gasteiger partial charge on any atom is 0.262 e. The monoisotopic (exact) mass is 1190 g/mol. The zero-order valence-corrected chi connectivity index (χ0v) is 43.5. The third kappa shape index (κ3) is 8.73. The van der Waals surface area contributed by atoms with Crippen LogP contribution in [0.1, 0.15) is 78.3 Å². The Kier molecular flexibility index (Phi) is 12.5. The van der Waals surface area contributed by atoms with Gasteiger partial charge in [-0.25, -0.2) is 35.2 Å². The molecule has 8 aliphatic rings. The van der Waals surface area contributed by atoms with Gasteiger partial charge >= 0.3 is 0 Å². The van der Waals surface area contributed by atoms with Gasteiger partial charge in [-0.05, 0) is 135 Å². The molecule has 15 rings (SSSR count). The van der Waals surface area contributed by atoms with E-state index in [-0.39, 0.29) is 37.4 Å². The Morgan fingerprint density at radius 2 is 1.16 bits per heavy atom. The van der Waals surface area contributed by atoms with Gasteiger partial charge in [0.1, 0.15) is 12.4 Å². The van der Waals surface area contributed by atoms with E-state index in [2.05, 4.69) is 69.8 Å². The van der Waals surface area contributed by atoms with Crippen molar-refractivity contribution in [2.24, 2.45) is 5.92 Å². The molecule has 12 nitrogen and oxygen atoms in total. The van der Waals surface area contributed by atoms with Crippen LogP contribution in [-0.4, -0.2) is 19.6 Å². The maximum absolute atomic E-state index is 15.7. The number of nitrogens with zero attached hydrogens (tertiary/aromatic N) is 8. The van der Waals surface area contributed by atoms with Crippen molar-refractivity contribution < 1.29 is 62.0 Å². The minimum Gasteiger partial charge on any atom is -0.511 e. The molecule has 1 atom stereocenters. The van der Waals surface area contributed by atoms with Crippen molar-refractivity contribution in [3.05, 3.63) is 187 Å². The Bertz CT molecular complexity index is 3380. The number of benzene rings is 4. The van der Waals surface area contributed by atoms with Crippen LogP contribution >= 0.6 is 0 Å².